The Morgan fingerprint density at radius 3 is 1.27 bits per heavy atom. The third kappa shape index (κ3) is 4.12. The monoisotopic (exact) mass is 671 g/mol. The lowest BCUT2D eigenvalue weighted by Gasteiger charge is -2.12. The van der Waals surface area contributed by atoms with E-state index >= 15 is 0 Å². The van der Waals surface area contributed by atoms with Gasteiger partial charge in [-0.1, -0.05) is 121 Å². The van der Waals surface area contributed by atoms with Gasteiger partial charge in [-0.05, 0) is 77.6 Å². The van der Waals surface area contributed by atoms with Crippen molar-refractivity contribution in [3.8, 4) is 28.2 Å². The normalized spacial score (nSPS) is 18.0. The van der Waals surface area contributed by atoms with Crippen molar-refractivity contribution in [2.75, 3.05) is 0 Å². The maximum absolute atomic E-state index is 10.1. The third-order valence-electron chi connectivity index (χ3n) is 9.00. The minimum Gasteiger partial charge on any atom is -0.309 e. The van der Waals surface area contributed by atoms with Gasteiger partial charge in [-0.15, -0.1) is 0 Å². The number of nitrogens with zero attached hydrogens (tertiary/aromatic N) is 3. The summed E-state index contributed by atoms with van der Waals surface area (Å²) in [6, 6.07) is -0.566. The lowest BCUT2D eigenvalue weighted by atomic mass is 10.1. The molecule has 0 amide bonds. The maximum Gasteiger partial charge on any atom is 0.0667 e. The molecular formula is C48H31N3. The molecule has 0 N–H and O–H groups in total. The molecule has 11 aromatic rings. The molecule has 0 aliphatic carbocycles. The average Bonchev–Trinajstić information content (AvgIpc) is 4.05. The molecule has 11 rings (SSSR count). The van der Waals surface area contributed by atoms with Crippen molar-refractivity contribution in [1.82, 2.24) is 13.7 Å². The highest BCUT2D eigenvalue weighted by Crippen LogP contribution is 2.39. The summed E-state index contributed by atoms with van der Waals surface area (Å²) in [5.41, 5.74) is -1.91. The molecule has 0 radical (unpaired) electrons. The summed E-state index contributed by atoms with van der Waals surface area (Å²) in [6.07, 6.45) is 0. The molecule has 8 aromatic carbocycles. The van der Waals surface area contributed by atoms with Crippen LogP contribution in [-0.2, 0) is 0 Å². The molecule has 0 fully saturated rings. The Hall–Kier alpha value is -6.84. The molecule has 3 heterocycles. The Balaban J connectivity index is 1.36. The molecule has 3 nitrogen and oxygen atoms in total. The topological polar surface area (TPSA) is 14.8 Å². The first-order valence-electron chi connectivity index (χ1n) is 26.7. The Labute approximate surface area is 325 Å². The summed E-state index contributed by atoms with van der Waals surface area (Å²) in [7, 11) is 0. The van der Waals surface area contributed by atoms with E-state index in [4.69, 9.17) is 19.2 Å². The lowest BCUT2D eigenvalue weighted by Crippen LogP contribution is -1.97. The van der Waals surface area contributed by atoms with Gasteiger partial charge in [0.25, 0.3) is 0 Å². The molecular weight excluding hydrogens is 619 g/mol. The van der Waals surface area contributed by atoms with Crippen LogP contribution in [-0.4, -0.2) is 13.7 Å². The van der Waals surface area contributed by atoms with Crippen molar-refractivity contribution in [2.24, 2.45) is 0 Å². The van der Waals surface area contributed by atoms with Crippen LogP contribution in [0, 0.1) is 0 Å². The molecule has 0 aliphatic heterocycles. The van der Waals surface area contributed by atoms with E-state index in [1.165, 1.54) is 4.57 Å². The van der Waals surface area contributed by atoms with Crippen LogP contribution in [0.25, 0.3) is 93.6 Å². The standard InChI is InChI=1S/C48H31N3/c1-2-12-32(13-3-1)33-22-24-34(25-23-33)49-43-18-8-6-16-39(43)41-28-26-36(31-48(41)49)51-46-21-11-7-17-40(46)42-30-35(27-29-47(42)51)50-44-19-9-4-14-37(44)38-15-5-10-20-45(38)50/h1-31H/i4D,5D,6D,7D,8D,9D,10D,11D,14D,15D,16D,17D,18D,19D,20D,21D,26D,27D,28D,29D,30D,31D. The fourth-order valence-electron chi connectivity index (χ4n) is 6.79. The number of para-hydroxylation sites is 4. The zero-order valence-corrected chi connectivity index (χ0v) is 26.0. The zero-order valence-electron chi connectivity index (χ0n) is 48.0. The minimum atomic E-state index is -0.920. The Bertz CT molecular complexity index is 4310. The van der Waals surface area contributed by atoms with Crippen molar-refractivity contribution in [1.29, 1.82) is 0 Å². The van der Waals surface area contributed by atoms with Gasteiger partial charge < -0.3 is 13.7 Å². The van der Waals surface area contributed by atoms with Gasteiger partial charge in [0.2, 0.25) is 0 Å². The van der Waals surface area contributed by atoms with E-state index in [1.807, 2.05) is 30.3 Å². The first-order valence-corrected chi connectivity index (χ1v) is 15.7. The van der Waals surface area contributed by atoms with Gasteiger partial charge in [-0.25, -0.2) is 0 Å². The van der Waals surface area contributed by atoms with Crippen LogP contribution in [0.3, 0.4) is 0 Å². The van der Waals surface area contributed by atoms with E-state index in [1.54, 1.807) is 24.3 Å². The molecule has 0 atom stereocenters. The summed E-state index contributed by atoms with van der Waals surface area (Å²) in [5, 5.41) is -2.23. The van der Waals surface area contributed by atoms with E-state index in [-0.39, 0.29) is 27.5 Å². The highest BCUT2D eigenvalue weighted by atomic mass is 15.0. The number of aromatic nitrogens is 3. The van der Waals surface area contributed by atoms with Crippen LogP contribution < -0.4 is 0 Å². The van der Waals surface area contributed by atoms with Crippen molar-refractivity contribution in [2.45, 2.75) is 0 Å². The van der Waals surface area contributed by atoms with Gasteiger partial charge in [-0.3, -0.25) is 0 Å². The summed E-state index contributed by atoms with van der Waals surface area (Å²) in [5.74, 6) is 0. The number of fused-ring (bicyclic) bond motifs is 9. The number of hydrogen-bond acceptors (Lipinski definition) is 0. The fourth-order valence-corrected chi connectivity index (χ4v) is 6.79. The van der Waals surface area contributed by atoms with Crippen molar-refractivity contribution in [3.63, 3.8) is 0 Å². The SMILES string of the molecule is [2H]c1c([2H])c([2H])c2c(c1[2H])c1c([2H])c([2H])c(-n3c4c([2H])c([2H])c([2H])c([2H])c4c4c([2H])c(-n5c6c([2H])c([2H])c([2H])c([2H])c6c6c([2H])c([2H])c([2H])c([2H])c65)c([2H])c([2H])c43)c([2H])c1n2-c1ccc(-c2ccccc2)cc1. The molecule has 51 heavy (non-hydrogen) atoms. The van der Waals surface area contributed by atoms with E-state index in [0.29, 0.717) is 0 Å². The van der Waals surface area contributed by atoms with Gasteiger partial charge >= 0.3 is 0 Å². The molecule has 3 heteroatoms. The fraction of sp³-hybridized carbons (Fsp3) is 0. The van der Waals surface area contributed by atoms with Crippen LogP contribution in [0.1, 0.15) is 30.2 Å². The van der Waals surface area contributed by atoms with E-state index in [2.05, 4.69) is 0 Å². The first kappa shape index (κ1) is 14.2. The van der Waals surface area contributed by atoms with Gasteiger partial charge in [0.1, 0.15) is 0 Å². The predicted octanol–water partition coefficient (Wildman–Crippen LogP) is 12.6. The van der Waals surface area contributed by atoms with Gasteiger partial charge in [0, 0.05) is 49.4 Å². The molecule has 0 unspecified atom stereocenters. The van der Waals surface area contributed by atoms with Crippen molar-refractivity contribution in [3.05, 3.63) is 188 Å². The van der Waals surface area contributed by atoms with Crippen LogP contribution in [0.5, 0.6) is 0 Å². The van der Waals surface area contributed by atoms with Gasteiger partial charge in [0.05, 0.1) is 63.3 Å². The third-order valence-corrected chi connectivity index (χ3v) is 9.00. The average molecular weight is 672 g/mol. The van der Waals surface area contributed by atoms with Gasteiger partial charge in [0.15, 0.2) is 0 Å². The van der Waals surface area contributed by atoms with E-state index in [0.717, 1.165) is 20.3 Å². The molecule has 0 bridgehead atoms. The first-order chi connectivity index (χ1) is 34.5. The van der Waals surface area contributed by atoms with Crippen LogP contribution in [0.4, 0.5) is 0 Å². The number of hydrogen-bond donors (Lipinski definition) is 0. The van der Waals surface area contributed by atoms with E-state index in [9.17, 15) is 11.0 Å². The van der Waals surface area contributed by atoms with Crippen LogP contribution in [0.15, 0.2) is 188 Å². The molecule has 238 valence electrons. The summed E-state index contributed by atoms with van der Waals surface area (Å²) in [4.78, 5) is 0. The number of benzene rings is 8. The highest BCUT2D eigenvalue weighted by molar-refractivity contribution is 6.13. The Morgan fingerprint density at radius 2 is 0.706 bits per heavy atom. The second kappa shape index (κ2) is 10.8. The lowest BCUT2D eigenvalue weighted by molar-refractivity contribution is 1.15. The molecule has 0 aliphatic rings. The maximum atomic E-state index is 10.1. The highest BCUT2D eigenvalue weighted by Gasteiger charge is 2.18. The largest absolute Gasteiger partial charge is 0.309 e. The Kier molecular flexibility index (Phi) is 3.01. The van der Waals surface area contributed by atoms with Gasteiger partial charge in [-0.2, -0.15) is 0 Å². The smallest absolute Gasteiger partial charge is 0.0667 e. The quantitative estimate of drug-likeness (QED) is 0.177. The van der Waals surface area contributed by atoms with E-state index < -0.39 is 188 Å². The second-order valence-corrected chi connectivity index (χ2v) is 11.7. The molecule has 0 spiro atoms. The summed E-state index contributed by atoms with van der Waals surface area (Å²) >= 11 is 0. The molecule has 0 saturated heterocycles. The summed E-state index contributed by atoms with van der Waals surface area (Å²) in [6.45, 7) is 0. The summed E-state index contributed by atoms with van der Waals surface area (Å²) < 4.78 is 204. The van der Waals surface area contributed by atoms with Crippen molar-refractivity contribution < 1.29 is 30.2 Å². The molecule has 0 saturated carbocycles. The van der Waals surface area contributed by atoms with Crippen molar-refractivity contribution >= 4 is 65.4 Å². The molecule has 3 aromatic heterocycles. The Morgan fingerprint density at radius 1 is 0.294 bits per heavy atom. The minimum absolute atomic E-state index is 0.161. The predicted molar refractivity (Wildman–Crippen MR) is 215 cm³/mol. The van der Waals surface area contributed by atoms with Crippen LogP contribution in [0.2, 0.25) is 0 Å². The zero-order chi connectivity index (χ0) is 52.6. The van der Waals surface area contributed by atoms with Crippen LogP contribution >= 0.6 is 0 Å². The second-order valence-electron chi connectivity index (χ2n) is 11.7. The number of rotatable bonds is 4.